The number of nitrogens with zero attached hydrogens (tertiary/aromatic N) is 1. The first-order valence-electron chi connectivity index (χ1n) is 6.62. The van der Waals surface area contributed by atoms with Gasteiger partial charge < -0.3 is 15.2 Å². The standard InChI is InChI=1S/C14H21FN2O2/c1-19-14-3-2-12(15)8-11(14)9-13(10-18)17-6-4-16-5-7-17/h2-3,8,13,16,18H,4-7,9-10H2,1H3. The van der Waals surface area contributed by atoms with Crippen molar-refractivity contribution in [3.8, 4) is 5.75 Å². The summed E-state index contributed by atoms with van der Waals surface area (Å²) in [5.74, 6) is 0.405. The van der Waals surface area contributed by atoms with Crippen LogP contribution < -0.4 is 10.1 Å². The number of hydrogen-bond donors (Lipinski definition) is 2. The van der Waals surface area contributed by atoms with E-state index in [2.05, 4.69) is 10.2 Å². The molecule has 1 aromatic rings. The van der Waals surface area contributed by atoms with Crippen LogP contribution in [0.15, 0.2) is 18.2 Å². The second kappa shape index (κ2) is 6.84. The van der Waals surface area contributed by atoms with Gasteiger partial charge in [0.15, 0.2) is 0 Å². The Balaban J connectivity index is 2.10. The summed E-state index contributed by atoms with van der Waals surface area (Å²) in [7, 11) is 1.58. The van der Waals surface area contributed by atoms with E-state index >= 15 is 0 Å². The highest BCUT2D eigenvalue weighted by Gasteiger charge is 2.21. The molecule has 0 bridgehead atoms. The molecule has 1 fully saturated rings. The lowest BCUT2D eigenvalue weighted by Crippen LogP contribution is -2.50. The minimum Gasteiger partial charge on any atom is -0.496 e. The molecule has 0 radical (unpaired) electrons. The minimum atomic E-state index is -0.271. The smallest absolute Gasteiger partial charge is 0.123 e. The Kier molecular flexibility index (Phi) is 5.13. The van der Waals surface area contributed by atoms with Crippen molar-refractivity contribution in [2.75, 3.05) is 39.9 Å². The largest absolute Gasteiger partial charge is 0.496 e. The van der Waals surface area contributed by atoms with Gasteiger partial charge in [0, 0.05) is 32.2 Å². The Morgan fingerprint density at radius 2 is 2.16 bits per heavy atom. The third-order valence-electron chi connectivity index (χ3n) is 3.58. The minimum absolute atomic E-state index is 0.0119. The van der Waals surface area contributed by atoms with Crippen LogP contribution in [0, 0.1) is 5.82 Å². The summed E-state index contributed by atoms with van der Waals surface area (Å²) in [6.45, 7) is 3.74. The number of rotatable bonds is 5. The van der Waals surface area contributed by atoms with Crippen molar-refractivity contribution in [2.45, 2.75) is 12.5 Å². The lowest BCUT2D eigenvalue weighted by atomic mass is 10.0. The van der Waals surface area contributed by atoms with Crippen molar-refractivity contribution in [3.63, 3.8) is 0 Å². The monoisotopic (exact) mass is 268 g/mol. The van der Waals surface area contributed by atoms with Gasteiger partial charge in [0.25, 0.3) is 0 Å². The van der Waals surface area contributed by atoms with Crippen LogP contribution in [0.2, 0.25) is 0 Å². The predicted molar refractivity (Wildman–Crippen MR) is 72.0 cm³/mol. The molecule has 0 saturated carbocycles. The van der Waals surface area contributed by atoms with Crippen LogP contribution in [-0.2, 0) is 6.42 Å². The van der Waals surface area contributed by atoms with Crippen molar-refractivity contribution >= 4 is 0 Å². The van der Waals surface area contributed by atoms with E-state index in [-0.39, 0.29) is 18.5 Å². The molecule has 19 heavy (non-hydrogen) atoms. The van der Waals surface area contributed by atoms with E-state index < -0.39 is 0 Å². The molecule has 4 nitrogen and oxygen atoms in total. The number of methoxy groups -OCH3 is 1. The van der Waals surface area contributed by atoms with Crippen molar-refractivity contribution in [3.05, 3.63) is 29.6 Å². The number of benzene rings is 1. The van der Waals surface area contributed by atoms with Crippen molar-refractivity contribution in [1.82, 2.24) is 10.2 Å². The maximum absolute atomic E-state index is 13.3. The lowest BCUT2D eigenvalue weighted by Gasteiger charge is -2.34. The van der Waals surface area contributed by atoms with E-state index in [1.165, 1.54) is 12.1 Å². The van der Waals surface area contributed by atoms with Gasteiger partial charge in [0.2, 0.25) is 0 Å². The topological polar surface area (TPSA) is 44.7 Å². The fraction of sp³-hybridized carbons (Fsp3) is 0.571. The van der Waals surface area contributed by atoms with Crippen molar-refractivity contribution in [1.29, 1.82) is 0 Å². The number of nitrogens with one attached hydrogen (secondary N) is 1. The highest BCUT2D eigenvalue weighted by Crippen LogP contribution is 2.22. The molecule has 0 aliphatic carbocycles. The fourth-order valence-electron chi connectivity index (χ4n) is 2.52. The molecule has 1 aliphatic heterocycles. The predicted octanol–water partition coefficient (Wildman–Crippen LogP) is 0.643. The second-order valence-electron chi connectivity index (χ2n) is 4.78. The zero-order chi connectivity index (χ0) is 13.7. The third kappa shape index (κ3) is 3.65. The van der Waals surface area contributed by atoms with E-state index in [1.54, 1.807) is 13.2 Å². The molecular formula is C14H21FN2O2. The zero-order valence-corrected chi connectivity index (χ0v) is 11.2. The number of piperazine rings is 1. The number of halogens is 1. The average molecular weight is 268 g/mol. The van der Waals surface area contributed by atoms with Gasteiger partial charge in [-0.1, -0.05) is 0 Å². The maximum Gasteiger partial charge on any atom is 0.123 e. The Hall–Kier alpha value is -1.17. The number of aliphatic hydroxyl groups excluding tert-OH is 1. The SMILES string of the molecule is COc1ccc(F)cc1CC(CO)N1CCNCC1. The molecule has 2 N–H and O–H groups in total. The van der Waals surface area contributed by atoms with E-state index in [1.807, 2.05) is 0 Å². The van der Waals surface area contributed by atoms with E-state index in [0.717, 1.165) is 31.7 Å². The summed E-state index contributed by atoms with van der Waals surface area (Å²) >= 11 is 0. The molecule has 1 aromatic carbocycles. The van der Waals surface area contributed by atoms with Crippen LogP contribution in [0.3, 0.4) is 0 Å². The van der Waals surface area contributed by atoms with Gasteiger partial charge in [0.1, 0.15) is 11.6 Å². The molecule has 1 heterocycles. The number of ether oxygens (including phenoxy) is 1. The first kappa shape index (κ1) is 14.2. The first-order chi connectivity index (χ1) is 9.24. The number of hydrogen-bond acceptors (Lipinski definition) is 4. The Labute approximate surface area is 113 Å². The summed E-state index contributed by atoms with van der Waals surface area (Å²) < 4.78 is 18.6. The van der Waals surface area contributed by atoms with Crippen LogP contribution in [0.25, 0.3) is 0 Å². The molecule has 0 spiro atoms. The van der Waals surface area contributed by atoms with Gasteiger partial charge in [-0.05, 0) is 30.2 Å². The maximum atomic E-state index is 13.3. The van der Waals surface area contributed by atoms with Gasteiger partial charge in [-0.2, -0.15) is 0 Å². The Bertz CT molecular complexity index is 408. The molecule has 1 atom stereocenters. The summed E-state index contributed by atoms with van der Waals surface area (Å²) in [5.41, 5.74) is 0.806. The van der Waals surface area contributed by atoms with Gasteiger partial charge >= 0.3 is 0 Å². The van der Waals surface area contributed by atoms with Crippen molar-refractivity contribution < 1.29 is 14.2 Å². The van der Waals surface area contributed by atoms with Gasteiger partial charge in [-0.25, -0.2) is 4.39 Å². The summed E-state index contributed by atoms with van der Waals surface area (Å²) in [5, 5.41) is 12.9. The summed E-state index contributed by atoms with van der Waals surface area (Å²) in [6, 6.07) is 4.53. The van der Waals surface area contributed by atoms with Crippen molar-refractivity contribution in [2.24, 2.45) is 0 Å². The van der Waals surface area contributed by atoms with Gasteiger partial charge in [-0.3, -0.25) is 4.90 Å². The van der Waals surface area contributed by atoms with Crippen LogP contribution in [0.4, 0.5) is 4.39 Å². The van der Waals surface area contributed by atoms with Crippen LogP contribution in [0.5, 0.6) is 5.75 Å². The normalized spacial score (nSPS) is 18.3. The van der Waals surface area contributed by atoms with Gasteiger partial charge in [0.05, 0.1) is 13.7 Å². The van der Waals surface area contributed by atoms with Crippen LogP contribution in [0.1, 0.15) is 5.56 Å². The second-order valence-corrected chi connectivity index (χ2v) is 4.78. The van der Waals surface area contributed by atoms with Crippen LogP contribution >= 0.6 is 0 Å². The van der Waals surface area contributed by atoms with E-state index in [9.17, 15) is 9.50 Å². The van der Waals surface area contributed by atoms with Gasteiger partial charge in [-0.15, -0.1) is 0 Å². The quantitative estimate of drug-likeness (QED) is 0.823. The highest BCUT2D eigenvalue weighted by molar-refractivity contribution is 5.34. The van der Waals surface area contributed by atoms with E-state index in [4.69, 9.17) is 4.74 Å². The van der Waals surface area contributed by atoms with E-state index in [0.29, 0.717) is 12.2 Å². The molecule has 5 heteroatoms. The molecule has 106 valence electrons. The molecule has 1 aliphatic rings. The molecule has 2 rings (SSSR count). The summed E-state index contributed by atoms with van der Waals surface area (Å²) in [4.78, 5) is 2.24. The highest BCUT2D eigenvalue weighted by atomic mass is 19.1. The summed E-state index contributed by atoms with van der Waals surface area (Å²) in [6.07, 6.45) is 0.595. The third-order valence-corrected chi connectivity index (χ3v) is 3.58. The zero-order valence-electron chi connectivity index (χ0n) is 11.2. The van der Waals surface area contributed by atoms with Crippen LogP contribution in [-0.4, -0.2) is 55.9 Å². The number of aliphatic hydroxyl groups is 1. The fourth-order valence-corrected chi connectivity index (χ4v) is 2.52. The molecule has 1 saturated heterocycles. The molecule has 1 unspecified atom stereocenters. The molecule has 0 amide bonds. The first-order valence-corrected chi connectivity index (χ1v) is 6.62. The Morgan fingerprint density at radius 1 is 1.42 bits per heavy atom. The molecular weight excluding hydrogens is 247 g/mol. The Morgan fingerprint density at radius 3 is 2.79 bits per heavy atom. The average Bonchev–Trinajstić information content (AvgIpc) is 2.46. The molecule has 0 aromatic heterocycles. The lowest BCUT2D eigenvalue weighted by molar-refractivity contribution is 0.110.